The van der Waals surface area contributed by atoms with Crippen LogP contribution in [0, 0.1) is 0 Å². The fraction of sp³-hybridized carbons (Fsp3) is 0.619. The van der Waals surface area contributed by atoms with Crippen molar-refractivity contribution in [3.05, 3.63) is 24.3 Å². The number of hydrogen-bond acceptors (Lipinski definition) is 5. The van der Waals surface area contributed by atoms with E-state index in [1.807, 2.05) is 19.2 Å². The monoisotopic (exact) mass is 390 g/mol. The summed E-state index contributed by atoms with van der Waals surface area (Å²) >= 11 is 0. The van der Waals surface area contributed by atoms with Crippen molar-refractivity contribution in [2.75, 3.05) is 58.9 Å². The first-order valence-corrected chi connectivity index (χ1v) is 10.1. The summed E-state index contributed by atoms with van der Waals surface area (Å²) < 4.78 is 9.89. The van der Waals surface area contributed by atoms with Gasteiger partial charge < -0.3 is 24.6 Å². The van der Waals surface area contributed by atoms with Gasteiger partial charge in [0.2, 0.25) is 0 Å². The standard InChI is InChI=1S/C21H34N4O3/c1-22-21(23-13-7-5-4-6-8-20(26)28-3)25-16-14-24(15-17-25)18-9-11-19(27-2)12-10-18/h9-12H,4-8,13-17H2,1-3H3,(H,22,23). The Morgan fingerprint density at radius 2 is 1.71 bits per heavy atom. The SMILES string of the molecule is CN=C(NCCCCCCC(=O)OC)N1CCN(c2ccc(OC)cc2)CC1. The average Bonchev–Trinajstić information content (AvgIpc) is 2.75. The topological polar surface area (TPSA) is 66.4 Å². The largest absolute Gasteiger partial charge is 0.497 e. The Labute approximate surface area is 168 Å². The zero-order chi connectivity index (χ0) is 20.2. The number of piperazine rings is 1. The number of esters is 1. The van der Waals surface area contributed by atoms with Crippen LogP contribution in [-0.4, -0.2) is 70.8 Å². The molecule has 1 N–H and O–H groups in total. The second-order valence-corrected chi connectivity index (χ2v) is 6.89. The van der Waals surface area contributed by atoms with Crippen molar-refractivity contribution in [1.29, 1.82) is 0 Å². The number of aliphatic imine (C=N–C) groups is 1. The van der Waals surface area contributed by atoms with Gasteiger partial charge in [-0.1, -0.05) is 12.8 Å². The Hall–Kier alpha value is -2.44. The second-order valence-electron chi connectivity index (χ2n) is 6.89. The Balaban J connectivity index is 1.65. The van der Waals surface area contributed by atoms with Crippen LogP contribution in [-0.2, 0) is 9.53 Å². The minimum atomic E-state index is -0.118. The van der Waals surface area contributed by atoms with Gasteiger partial charge in [-0.05, 0) is 37.1 Å². The lowest BCUT2D eigenvalue weighted by atomic mass is 10.1. The van der Waals surface area contributed by atoms with Crippen LogP contribution in [0.3, 0.4) is 0 Å². The summed E-state index contributed by atoms with van der Waals surface area (Å²) in [7, 11) is 4.97. The van der Waals surface area contributed by atoms with Crippen molar-refractivity contribution in [1.82, 2.24) is 10.2 Å². The molecule has 0 aliphatic carbocycles. The van der Waals surface area contributed by atoms with Crippen molar-refractivity contribution >= 4 is 17.6 Å². The molecule has 0 aromatic heterocycles. The molecule has 0 radical (unpaired) electrons. The molecule has 1 aromatic rings. The van der Waals surface area contributed by atoms with E-state index in [0.29, 0.717) is 6.42 Å². The van der Waals surface area contributed by atoms with Crippen LogP contribution < -0.4 is 15.0 Å². The summed E-state index contributed by atoms with van der Waals surface area (Å²) in [5.74, 6) is 1.74. The van der Waals surface area contributed by atoms with Gasteiger partial charge in [0.1, 0.15) is 5.75 Å². The molecule has 7 nitrogen and oxygen atoms in total. The third-order valence-electron chi connectivity index (χ3n) is 5.05. The molecule has 0 saturated carbocycles. The van der Waals surface area contributed by atoms with Crippen molar-refractivity contribution in [3.63, 3.8) is 0 Å². The maximum atomic E-state index is 11.1. The molecule has 1 heterocycles. The average molecular weight is 391 g/mol. The number of rotatable bonds is 9. The van der Waals surface area contributed by atoms with Gasteiger partial charge in [0, 0.05) is 51.9 Å². The van der Waals surface area contributed by atoms with Gasteiger partial charge in [0.15, 0.2) is 5.96 Å². The lowest BCUT2D eigenvalue weighted by Crippen LogP contribution is -2.52. The highest BCUT2D eigenvalue weighted by atomic mass is 16.5. The number of anilines is 1. The van der Waals surface area contributed by atoms with E-state index < -0.39 is 0 Å². The molecule has 1 aliphatic heterocycles. The predicted octanol–water partition coefficient (Wildman–Crippen LogP) is 2.52. The van der Waals surface area contributed by atoms with Crippen molar-refractivity contribution in [3.8, 4) is 5.75 Å². The number of benzene rings is 1. The van der Waals surface area contributed by atoms with Crippen LogP contribution >= 0.6 is 0 Å². The molecule has 28 heavy (non-hydrogen) atoms. The van der Waals surface area contributed by atoms with Crippen molar-refractivity contribution in [2.24, 2.45) is 4.99 Å². The Kier molecular flexibility index (Phi) is 9.45. The van der Waals surface area contributed by atoms with Gasteiger partial charge >= 0.3 is 5.97 Å². The molecule has 1 aromatic carbocycles. The van der Waals surface area contributed by atoms with Gasteiger partial charge in [-0.2, -0.15) is 0 Å². The van der Waals surface area contributed by atoms with Crippen molar-refractivity contribution in [2.45, 2.75) is 32.1 Å². The molecule has 2 rings (SSSR count). The van der Waals surface area contributed by atoms with E-state index in [0.717, 1.165) is 70.1 Å². The first kappa shape index (κ1) is 21.9. The van der Waals surface area contributed by atoms with Crippen LogP contribution in [0.2, 0.25) is 0 Å². The molecule has 156 valence electrons. The molecule has 0 amide bonds. The molecule has 1 saturated heterocycles. The summed E-state index contributed by atoms with van der Waals surface area (Å²) in [6, 6.07) is 8.24. The molecular weight excluding hydrogens is 356 g/mol. The van der Waals surface area contributed by atoms with E-state index in [1.54, 1.807) is 7.11 Å². The predicted molar refractivity (Wildman–Crippen MR) is 113 cm³/mol. The van der Waals surface area contributed by atoms with Gasteiger partial charge in [-0.25, -0.2) is 0 Å². The van der Waals surface area contributed by atoms with E-state index in [2.05, 4.69) is 37.0 Å². The van der Waals surface area contributed by atoms with Crippen LogP contribution in [0.15, 0.2) is 29.3 Å². The molecule has 7 heteroatoms. The van der Waals surface area contributed by atoms with Gasteiger partial charge in [-0.15, -0.1) is 0 Å². The number of nitrogens with zero attached hydrogens (tertiary/aromatic N) is 3. The van der Waals surface area contributed by atoms with Gasteiger partial charge in [0.05, 0.1) is 14.2 Å². The zero-order valence-corrected chi connectivity index (χ0v) is 17.4. The Bertz CT molecular complexity index is 611. The van der Waals surface area contributed by atoms with E-state index in [4.69, 9.17) is 4.74 Å². The summed E-state index contributed by atoms with van der Waals surface area (Å²) in [6.45, 7) is 4.75. The summed E-state index contributed by atoms with van der Waals surface area (Å²) in [5.41, 5.74) is 1.23. The second kappa shape index (κ2) is 12.1. The molecule has 0 atom stereocenters. The number of hydrogen-bond donors (Lipinski definition) is 1. The summed E-state index contributed by atoms with van der Waals surface area (Å²) in [6.07, 6.45) is 4.65. The number of carbonyl (C=O) groups excluding carboxylic acids is 1. The number of ether oxygens (including phenoxy) is 2. The van der Waals surface area contributed by atoms with E-state index in [-0.39, 0.29) is 5.97 Å². The van der Waals surface area contributed by atoms with E-state index in [9.17, 15) is 4.79 Å². The van der Waals surface area contributed by atoms with Gasteiger partial charge in [0.25, 0.3) is 0 Å². The number of guanidine groups is 1. The lowest BCUT2D eigenvalue weighted by molar-refractivity contribution is -0.140. The highest BCUT2D eigenvalue weighted by molar-refractivity contribution is 5.80. The number of nitrogens with one attached hydrogen (secondary N) is 1. The van der Waals surface area contributed by atoms with E-state index >= 15 is 0 Å². The summed E-state index contributed by atoms with van der Waals surface area (Å²) in [5, 5.41) is 3.47. The van der Waals surface area contributed by atoms with Crippen LogP contribution in [0.5, 0.6) is 5.75 Å². The lowest BCUT2D eigenvalue weighted by Gasteiger charge is -2.37. The molecule has 1 fully saturated rings. The fourth-order valence-corrected chi connectivity index (χ4v) is 3.35. The highest BCUT2D eigenvalue weighted by Crippen LogP contribution is 2.20. The maximum Gasteiger partial charge on any atom is 0.305 e. The number of unbranched alkanes of at least 4 members (excludes halogenated alkanes) is 3. The Morgan fingerprint density at radius 1 is 1.04 bits per heavy atom. The van der Waals surface area contributed by atoms with Crippen molar-refractivity contribution < 1.29 is 14.3 Å². The van der Waals surface area contributed by atoms with Gasteiger partial charge in [-0.3, -0.25) is 9.79 Å². The first-order valence-electron chi connectivity index (χ1n) is 10.1. The third-order valence-corrected chi connectivity index (χ3v) is 5.05. The fourth-order valence-electron chi connectivity index (χ4n) is 3.35. The smallest absolute Gasteiger partial charge is 0.305 e. The van der Waals surface area contributed by atoms with Crippen LogP contribution in [0.25, 0.3) is 0 Å². The Morgan fingerprint density at radius 3 is 2.32 bits per heavy atom. The minimum absolute atomic E-state index is 0.118. The molecular formula is C21H34N4O3. The summed E-state index contributed by atoms with van der Waals surface area (Å²) in [4.78, 5) is 20.2. The quantitative estimate of drug-likeness (QED) is 0.302. The molecule has 0 bridgehead atoms. The third kappa shape index (κ3) is 6.94. The van der Waals surface area contributed by atoms with E-state index in [1.165, 1.54) is 12.8 Å². The zero-order valence-electron chi connectivity index (χ0n) is 17.4. The molecule has 0 spiro atoms. The van der Waals surface area contributed by atoms with Crippen LogP contribution in [0.4, 0.5) is 5.69 Å². The molecule has 0 unspecified atom stereocenters. The first-order chi connectivity index (χ1) is 13.7. The normalized spacial score (nSPS) is 14.8. The number of methoxy groups -OCH3 is 2. The minimum Gasteiger partial charge on any atom is -0.497 e. The molecule has 1 aliphatic rings. The van der Waals surface area contributed by atoms with Crippen LogP contribution in [0.1, 0.15) is 32.1 Å². The number of carbonyl (C=O) groups is 1. The maximum absolute atomic E-state index is 11.1. The highest BCUT2D eigenvalue weighted by Gasteiger charge is 2.19.